The van der Waals surface area contributed by atoms with Crippen LogP contribution in [0.5, 0.6) is 0 Å². The standard InChI is InChI=1S/C19H17N5OS/c1-12-4-6-13(7-5-12)16-18(25)24-19(21-20-16)26-17(22-24)14-8-10-15(11-9-14)23(2)3/h4-11H,1-3H3. The highest BCUT2D eigenvalue weighted by atomic mass is 32.1. The molecule has 0 unspecified atom stereocenters. The molecule has 0 spiro atoms. The minimum absolute atomic E-state index is 0.258. The van der Waals surface area contributed by atoms with Crippen molar-refractivity contribution in [1.82, 2.24) is 19.8 Å². The highest BCUT2D eigenvalue weighted by molar-refractivity contribution is 7.19. The molecule has 2 aromatic heterocycles. The molecule has 0 radical (unpaired) electrons. The molecular weight excluding hydrogens is 346 g/mol. The van der Waals surface area contributed by atoms with Gasteiger partial charge in [0.25, 0.3) is 0 Å². The number of fused-ring (bicyclic) bond motifs is 1. The first kappa shape index (κ1) is 16.4. The molecule has 0 aliphatic heterocycles. The Morgan fingerprint density at radius 1 is 0.923 bits per heavy atom. The SMILES string of the molecule is Cc1ccc(-c2nnc3sc(-c4ccc(N(C)C)cc4)nn3c2=O)cc1. The first-order valence-electron chi connectivity index (χ1n) is 8.14. The Hall–Kier alpha value is -3.06. The molecule has 2 aromatic carbocycles. The van der Waals surface area contributed by atoms with Crippen LogP contribution in [0.3, 0.4) is 0 Å². The van der Waals surface area contributed by atoms with Crippen molar-refractivity contribution in [3.8, 4) is 21.8 Å². The number of aromatic nitrogens is 4. The highest BCUT2D eigenvalue weighted by Crippen LogP contribution is 2.26. The van der Waals surface area contributed by atoms with Crippen LogP contribution in [-0.4, -0.2) is 33.9 Å². The topological polar surface area (TPSA) is 63.4 Å². The lowest BCUT2D eigenvalue weighted by atomic mass is 10.1. The lowest BCUT2D eigenvalue weighted by Gasteiger charge is -2.11. The van der Waals surface area contributed by atoms with Gasteiger partial charge in [0.15, 0.2) is 5.69 Å². The third-order valence-electron chi connectivity index (χ3n) is 4.15. The van der Waals surface area contributed by atoms with Crippen molar-refractivity contribution in [3.63, 3.8) is 0 Å². The Kier molecular flexibility index (Phi) is 4.00. The van der Waals surface area contributed by atoms with Gasteiger partial charge in [0.2, 0.25) is 4.96 Å². The molecule has 0 atom stereocenters. The molecule has 4 aromatic rings. The minimum Gasteiger partial charge on any atom is -0.378 e. The Morgan fingerprint density at radius 2 is 1.58 bits per heavy atom. The Morgan fingerprint density at radius 3 is 2.23 bits per heavy atom. The Labute approximate surface area is 154 Å². The predicted molar refractivity (Wildman–Crippen MR) is 105 cm³/mol. The lowest BCUT2D eigenvalue weighted by molar-refractivity contribution is 0.862. The molecule has 0 N–H and O–H groups in total. The molecule has 0 aliphatic carbocycles. The van der Waals surface area contributed by atoms with Crippen LogP contribution in [0, 0.1) is 6.92 Å². The molecule has 0 saturated carbocycles. The Bertz CT molecular complexity index is 1130. The molecule has 26 heavy (non-hydrogen) atoms. The number of nitrogens with zero attached hydrogens (tertiary/aromatic N) is 5. The van der Waals surface area contributed by atoms with Crippen LogP contribution in [0.1, 0.15) is 5.56 Å². The quantitative estimate of drug-likeness (QED) is 0.559. The van der Waals surface area contributed by atoms with Crippen LogP contribution in [0.2, 0.25) is 0 Å². The van der Waals surface area contributed by atoms with Crippen molar-refractivity contribution < 1.29 is 0 Å². The zero-order valence-electron chi connectivity index (χ0n) is 14.7. The van der Waals surface area contributed by atoms with Crippen molar-refractivity contribution >= 4 is 22.0 Å². The van der Waals surface area contributed by atoms with E-state index in [0.717, 1.165) is 27.4 Å². The van der Waals surface area contributed by atoms with Crippen LogP contribution < -0.4 is 10.5 Å². The van der Waals surface area contributed by atoms with E-state index in [-0.39, 0.29) is 5.56 Å². The molecule has 0 fully saturated rings. The molecule has 6 nitrogen and oxygen atoms in total. The Balaban J connectivity index is 1.79. The van der Waals surface area contributed by atoms with Crippen LogP contribution in [0.4, 0.5) is 5.69 Å². The number of aryl methyl sites for hydroxylation is 1. The van der Waals surface area contributed by atoms with Gasteiger partial charge < -0.3 is 4.90 Å². The summed E-state index contributed by atoms with van der Waals surface area (Å²) in [6.07, 6.45) is 0. The third kappa shape index (κ3) is 2.86. The van der Waals surface area contributed by atoms with Crippen LogP contribution >= 0.6 is 11.3 Å². The smallest absolute Gasteiger partial charge is 0.302 e. The van der Waals surface area contributed by atoms with E-state index in [1.165, 1.54) is 15.9 Å². The van der Waals surface area contributed by atoms with Gasteiger partial charge in [-0.2, -0.15) is 9.61 Å². The summed E-state index contributed by atoms with van der Waals surface area (Å²) in [5.41, 5.74) is 3.97. The zero-order valence-corrected chi connectivity index (χ0v) is 15.5. The normalized spacial score (nSPS) is 11.0. The van der Waals surface area contributed by atoms with E-state index >= 15 is 0 Å². The number of hydrogen-bond acceptors (Lipinski definition) is 6. The second-order valence-corrected chi connectivity index (χ2v) is 7.22. The number of hydrogen-bond donors (Lipinski definition) is 0. The molecule has 0 bridgehead atoms. The summed E-state index contributed by atoms with van der Waals surface area (Å²) in [5, 5.41) is 13.5. The zero-order chi connectivity index (χ0) is 18.3. The molecule has 4 rings (SSSR count). The van der Waals surface area contributed by atoms with Crippen molar-refractivity contribution in [2.24, 2.45) is 0 Å². The fourth-order valence-electron chi connectivity index (χ4n) is 2.63. The maximum Gasteiger partial charge on any atom is 0.302 e. The summed E-state index contributed by atoms with van der Waals surface area (Å²) in [7, 11) is 3.99. The monoisotopic (exact) mass is 363 g/mol. The molecule has 2 heterocycles. The first-order chi connectivity index (χ1) is 12.5. The third-order valence-corrected chi connectivity index (χ3v) is 5.09. The maximum absolute atomic E-state index is 12.8. The molecule has 0 saturated heterocycles. The maximum atomic E-state index is 12.8. The molecule has 130 valence electrons. The summed E-state index contributed by atoms with van der Waals surface area (Å²) >= 11 is 1.35. The minimum atomic E-state index is -0.258. The summed E-state index contributed by atoms with van der Waals surface area (Å²) in [6.45, 7) is 2.00. The van der Waals surface area contributed by atoms with Gasteiger partial charge in [-0.15, -0.1) is 10.2 Å². The number of rotatable bonds is 3. The van der Waals surface area contributed by atoms with Crippen molar-refractivity contribution in [3.05, 3.63) is 64.4 Å². The predicted octanol–water partition coefficient (Wildman–Crippen LogP) is 3.25. The second-order valence-electron chi connectivity index (χ2n) is 6.26. The largest absolute Gasteiger partial charge is 0.378 e. The first-order valence-corrected chi connectivity index (χ1v) is 8.96. The van der Waals surface area contributed by atoms with Gasteiger partial charge in [0.05, 0.1) is 0 Å². The van der Waals surface area contributed by atoms with Gasteiger partial charge >= 0.3 is 5.56 Å². The fourth-order valence-corrected chi connectivity index (χ4v) is 3.47. The van der Waals surface area contributed by atoms with E-state index < -0.39 is 0 Å². The summed E-state index contributed by atoms with van der Waals surface area (Å²) in [5.74, 6) is 0. The van der Waals surface area contributed by atoms with Gasteiger partial charge in [-0.25, -0.2) is 0 Å². The van der Waals surface area contributed by atoms with E-state index in [2.05, 4.69) is 15.3 Å². The summed E-state index contributed by atoms with van der Waals surface area (Å²) in [6, 6.07) is 15.7. The van der Waals surface area contributed by atoms with Crippen molar-refractivity contribution in [2.75, 3.05) is 19.0 Å². The van der Waals surface area contributed by atoms with E-state index in [9.17, 15) is 4.79 Å². The van der Waals surface area contributed by atoms with Gasteiger partial charge in [-0.05, 0) is 31.2 Å². The molecule has 0 amide bonds. The van der Waals surface area contributed by atoms with Crippen molar-refractivity contribution in [1.29, 1.82) is 0 Å². The van der Waals surface area contributed by atoms with Crippen LogP contribution in [0.25, 0.3) is 26.8 Å². The summed E-state index contributed by atoms with van der Waals surface area (Å²) < 4.78 is 1.34. The molecule has 0 aliphatic rings. The second kappa shape index (κ2) is 6.34. The summed E-state index contributed by atoms with van der Waals surface area (Å²) in [4.78, 5) is 15.3. The van der Waals surface area contributed by atoms with Crippen LogP contribution in [-0.2, 0) is 0 Å². The van der Waals surface area contributed by atoms with Gasteiger partial charge in [-0.3, -0.25) is 4.79 Å². The van der Waals surface area contributed by atoms with Crippen molar-refractivity contribution in [2.45, 2.75) is 6.92 Å². The fraction of sp³-hybridized carbons (Fsp3) is 0.158. The van der Waals surface area contributed by atoms with Gasteiger partial charge in [-0.1, -0.05) is 41.2 Å². The molecule has 7 heteroatoms. The van der Waals surface area contributed by atoms with E-state index in [1.807, 2.05) is 74.4 Å². The lowest BCUT2D eigenvalue weighted by Crippen LogP contribution is -2.19. The average Bonchev–Trinajstić information content (AvgIpc) is 3.08. The van der Waals surface area contributed by atoms with Gasteiger partial charge in [0, 0.05) is 30.9 Å². The van der Waals surface area contributed by atoms with E-state index in [1.54, 1.807) is 0 Å². The highest BCUT2D eigenvalue weighted by Gasteiger charge is 2.14. The van der Waals surface area contributed by atoms with E-state index in [4.69, 9.17) is 0 Å². The number of benzene rings is 2. The average molecular weight is 363 g/mol. The molecular formula is C19H17N5OS. The van der Waals surface area contributed by atoms with Gasteiger partial charge in [0.1, 0.15) is 5.01 Å². The van der Waals surface area contributed by atoms with E-state index in [0.29, 0.717) is 10.7 Å². The number of anilines is 1. The van der Waals surface area contributed by atoms with Crippen LogP contribution in [0.15, 0.2) is 53.3 Å².